The largest absolute Gasteiger partial charge is 0.300 e. The zero-order chi connectivity index (χ0) is 10.5. The molecule has 0 spiro atoms. The average molecular weight is 208 g/mol. The van der Waals surface area contributed by atoms with E-state index in [0.29, 0.717) is 6.04 Å². The first-order valence-corrected chi connectivity index (χ1v) is 6.51. The molecule has 2 nitrogen and oxygen atoms in total. The van der Waals surface area contributed by atoms with Gasteiger partial charge < -0.3 is 4.90 Å². The summed E-state index contributed by atoms with van der Waals surface area (Å²) in [5.41, 5.74) is 0. The number of piperidine rings is 1. The number of likely N-dealkylation sites (tertiary alicyclic amines) is 2. The van der Waals surface area contributed by atoms with Gasteiger partial charge in [0.2, 0.25) is 0 Å². The third-order valence-electron chi connectivity index (χ3n) is 3.68. The first-order valence-electron chi connectivity index (χ1n) is 6.51. The van der Waals surface area contributed by atoms with E-state index in [1.165, 1.54) is 58.3 Å². The van der Waals surface area contributed by atoms with Gasteiger partial charge in [0, 0.05) is 12.6 Å². The lowest BCUT2D eigenvalue weighted by Crippen LogP contribution is -2.34. The maximum absolute atomic E-state index is 4.27. The van der Waals surface area contributed by atoms with Crippen LogP contribution in [0.2, 0.25) is 0 Å². The second kappa shape index (κ2) is 5.86. The van der Waals surface area contributed by atoms with Crippen molar-refractivity contribution in [2.75, 3.05) is 26.2 Å². The molecule has 2 heterocycles. The zero-order valence-corrected chi connectivity index (χ0v) is 9.83. The van der Waals surface area contributed by atoms with Crippen LogP contribution < -0.4 is 0 Å². The van der Waals surface area contributed by atoms with Crippen LogP contribution >= 0.6 is 0 Å². The van der Waals surface area contributed by atoms with Gasteiger partial charge in [0.1, 0.15) is 0 Å². The third-order valence-corrected chi connectivity index (χ3v) is 3.68. The van der Waals surface area contributed by atoms with Crippen LogP contribution in [0.5, 0.6) is 0 Å². The monoisotopic (exact) mass is 208 g/mol. The average Bonchev–Trinajstić information content (AvgIpc) is 2.81. The second-order valence-corrected chi connectivity index (χ2v) is 4.91. The normalized spacial score (nSPS) is 27.0. The van der Waals surface area contributed by atoms with Crippen molar-refractivity contribution in [2.45, 2.75) is 44.6 Å². The molecule has 2 saturated heterocycles. The maximum Gasteiger partial charge on any atom is 0.0267 e. The molecule has 2 rings (SSSR count). The van der Waals surface area contributed by atoms with Crippen LogP contribution in [-0.4, -0.2) is 42.0 Å². The number of hydrogen-bond acceptors (Lipinski definition) is 2. The van der Waals surface area contributed by atoms with Gasteiger partial charge in [-0.25, -0.2) is 0 Å². The predicted octanol–water partition coefficient (Wildman–Crippen LogP) is 2.32. The lowest BCUT2D eigenvalue weighted by Gasteiger charge is -2.29. The molecule has 0 amide bonds. The van der Waals surface area contributed by atoms with E-state index in [4.69, 9.17) is 0 Å². The van der Waals surface area contributed by atoms with Crippen molar-refractivity contribution < 1.29 is 0 Å². The van der Waals surface area contributed by atoms with Crippen molar-refractivity contribution in [2.24, 2.45) is 0 Å². The molecule has 2 aliphatic heterocycles. The summed E-state index contributed by atoms with van der Waals surface area (Å²) in [5.74, 6) is 0. The van der Waals surface area contributed by atoms with Gasteiger partial charge in [-0.2, -0.15) is 0 Å². The van der Waals surface area contributed by atoms with E-state index in [1.54, 1.807) is 0 Å². The topological polar surface area (TPSA) is 6.48 Å². The van der Waals surface area contributed by atoms with Crippen LogP contribution in [0.4, 0.5) is 0 Å². The molecule has 86 valence electrons. The summed E-state index contributed by atoms with van der Waals surface area (Å²) in [6, 6.07) is 0.509. The van der Waals surface area contributed by atoms with E-state index in [-0.39, 0.29) is 0 Å². The standard InChI is InChI=1S/C13H24N2/c1-13(15-10-5-6-11-15)7-12-14-8-3-2-4-9-14/h12-13H,1-11H2. The fraction of sp³-hybridized carbons (Fsp3) is 0.846. The minimum atomic E-state index is 0.509. The van der Waals surface area contributed by atoms with Gasteiger partial charge in [0.05, 0.1) is 0 Å². The summed E-state index contributed by atoms with van der Waals surface area (Å²) in [4.78, 5) is 5.03. The van der Waals surface area contributed by atoms with E-state index in [2.05, 4.69) is 23.3 Å². The van der Waals surface area contributed by atoms with Crippen LogP contribution in [0.1, 0.15) is 38.5 Å². The molecule has 0 aliphatic carbocycles. The Morgan fingerprint density at radius 1 is 0.933 bits per heavy atom. The van der Waals surface area contributed by atoms with Crippen molar-refractivity contribution in [1.29, 1.82) is 0 Å². The zero-order valence-electron chi connectivity index (χ0n) is 9.83. The number of nitrogens with zero attached hydrogens (tertiary/aromatic N) is 2. The summed E-state index contributed by atoms with van der Waals surface area (Å²) in [5, 5.41) is 0. The molecule has 2 radical (unpaired) electrons. The fourth-order valence-corrected chi connectivity index (χ4v) is 2.63. The Hall–Kier alpha value is -0.0800. The van der Waals surface area contributed by atoms with Crippen molar-refractivity contribution in [1.82, 2.24) is 9.80 Å². The maximum atomic E-state index is 4.27. The molecular formula is C13H24N2. The Labute approximate surface area is 94.6 Å². The summed E-state index contributed by atoms with van der Waals surface area (Å²) in [7, 11) is 0. The van der Waals surface area contributed by atoms with Crippen molar-refractivity contribution in [3.63, 3.8) is 0 Å². The molecule has 0 N–H and O–H groups in total. The van der Waals surface area contributed by atoms with Crippen LogP contribution in [0.15, 0.2) is 0 Å². The van der Waals surface area contributed by atoms with Crippen LogP contribution in [0, 0.1) is 13.5 Å². The van der Waals surface area contributed by atoms with Crippen LogP contribution in [-0.2, 0) is 0 Å². The highest BCUT2D eigenvalue weighted by Gasteiger charge is 2.19. The molecule has 0 aromatic heterocycles. The predicted molar refractivity (Wildman–Crippen MR) is 64.3 cm³/mol. The number of rotatable bonds is 4. The van der Waals surface area contributed by atoms with E-state index in [1.807, 2.05) is 0 Å². The van der Waals surface area contributed by atoms with Crippen LogP contribution in [0.25, 0.3) is 0 Å². The molecule has 0 bridgehead atoms. The van der Waals surface area contributed by atoms with E-state index in [9.17, 15) is 0 Å². The SMILES string of the molecule is [CH2]C(C[CH]N1CCCCC1)N1CCCC1. The van der Waals surface area contributed by atoms with Crippen molar-refractivity contribution in [3.8, 4) is 0 Å². The van der Waals surface area contributed by atoms with Crippen molar-refractivity contribution >= 4 is 0 Å². The molecule has 0 aromatic rings. The summed E-state index contributed by atoms with van der Waals surface area (Å²) in [6.45, 7) is 11.7. The minimum absolute atomic E-state index is 0.509. The van der Waals surface area contributed by atoms with Crippen LogP contribution in [0.3, 0.4) is 0 Å². The molecule has 1 unspecified atom stereocenters. The summed E-state index contributed by atoms with van der Waals surface area (Å²) in [6.07, 6.45) is 8.06. The Balaban J connectivity index is 1.63. The molecule has 2 aliphatic rings. The quantitative estimate of drug-likeness (QED) is 0.699. The molecular weight excluding hydrogens is 184 g/mol. The highest BCUT2D eigenvalue weighted by molar-refractivity contribution is 4.84. The van der Waals surface area contributed by atoms with Gasteiger partial charge in [0.15, 0.2) is 0 Å². The molecule has 15 heavy (non-hydrogen) atoms. The van der Waals surface area contributed by atoms with Gasteiger partial charge >= 0.3 is 0 Å². The van der Waals surface area contributed by atoms with Gasteiger partial charge in [-0.15, -0.1) is 0 Å². The molecule has 2 fully saturated rings. The van der Waals surface area contributed by atoms with Crippen molar-refractivity contribution in [3.05, 3.63) is 13.5 Å². The van der Waals surface area contributed by atoms with Gasteiger partial charge in [-0.1, -0.05) is 6.42 Å². The third kappa shape index (κ3) is 3.46. The Bertz CT molecular complexity index is 169. The number of hydrogen-bond donors (Lipinski definition) is 0. The summed E-state index contributed by atoms with van der Waals surface area (Å²) >= 11 is 0. The molecule has 1 atom stereocenters. The fourth-order valence-electron chi connectivity index (χ4n) is 2.63. The Morgan fingerprint density at radius 3 is 2.20 bits per heavy atom. The lowest BCUT2D eigenvalue weighted by atomic mass is 10.1. The van der Waals surface area contributed by atoms with Gasteiger partial charge in [-0.3, -0.25) is 4.90 Å². The molecule has 2 heteroatoms. The minimum Gasteiger partial charge on any atom is -0.300 e. The van der Waals surface area contributed by atoms with E-state index >= 15 is 0 Å². The Kier molecular flexibility index (Phi) is 4.45. The highest BCUT2D eigenvalue weighted by Crippen LogP contribution is 2.17. The smallest absolute Gasteiger partial charge is 0.0267 e. The first kappa shape index (κ1) is 11.4. The Morgan fingerprint density at radius 2 is 1.53 bits per heavy atom. The highest BCUT2D eigenvalue weighted by atomic mass is 15.2. The van der Waals surface area contributed by atoms with E-state index < -0.39 is 0 Å². The first-order chi connectivity index (χ1) is 7.36. The molecule has 0 saturated carbocycles. The van der Waals surface area contributed by atoms with E-state index in [0.717, 1.165) is 6.42 Å². The van der Waals surface area contributed by atoms with Gasteiger partial charge in [0.25, 0.3) is 0 Å². The second-order valence-electron chi connectivity index (χ2n) is 4.91. The molecule has 0 aromatic carbocycles. The summed E-state index contributed by atoms with van der Waals surface area (Å²) < 4.78 is 0. The lowest BCUT2D eigenvalue weighted by molar-refractivity contribution is 0.229. The van der Waals surface area contributed by atoms with Gasteiger partial charge in [-0.05, 0) is 65.2 Å².